The van der Waals surface area contributed by atoms with Crippen molar-refractivity contribution in [2.24, 2.45) is 0 Å². The second-order valence-corrected chi connectivity index (χ2v) is 5.88. The molecular formula is C15H20FN3O2. The van der Waals surface area contributed by atoms with E-state index in [1.54, 1.807) is 12.1 Å². The van der Waals surface area contributed by atoms with Crippen molar-refractivity contribution in [1.82, 2.24) is 10.2 Å². The lowest BCUT2D eigenvalue weighted by atomic mass is 9.99. The number of halogens is 1. The van der Waals surface area contributed by atoms with Gasteiger partial charge in [0, 0.05) is 36.8 Å². The van der Waals surface area contributed by atoms with Crippen LogP contribution >= 0.6 is 0 Å². The van der Waals surface area contributed by atoms with Crippen molar-refractivity contribution in [1.29, 1.82) is 0 Å². The number of rotatable bonds is 4. The first kappa shape index (κ1) is 14.4. The Kier molecular flexibility index (Phi) is 4.17. The van der Waals surface area contributed by atoms with Gasteiger partial charge in [0.2, 0.25) is 5.82 Å². The van der Waals surface area contributed by atoms with Crippen LogP contribution in [-0.2, 0) is 6.54 Å². The van der Waals surface area contributed by atoms with E-state index in [0.717, 1.165) is 19.5 Å². The van der Waals surface area contributed by atoms with E-state index in [4.69, 9.17) is 0 Å². The SMILES string of the molecule is O=[N+]([O-])c1cccc(CNC2CCN3CCCCC23)c1F. The third-order valence-electron chi connectivity index (χ3n) is 4.67. The summed E-state index contributed by atoms with van der Waals surface area (Å²) in [6, 6.07) is 5.27. The van der Waals surface area contributed by atoms with Crippen LogP contribution in [0.15, 0.2) is 18.2 Å². The number of nitrogens with one attached hydrogen (secondary N) is 1. The van der Waals surface area contributed by atoms with E-state index < -0.39 is 16.4 Å². The van der Waals surface area contributed by atoms with Crippen LogP contribution in [0.4, 0.5) is 10.1 Å². The zero-order chi connectivity index (χ0) is 14.8. The zero-order valence-corrected chi connectivity index (χ0v) is 11.9. The molecule has 0 amide bonds. The molecule has 0 saturated carbocycles. The van der Waals surface area contributed by atoms with Crippen LogP contribution in [-0.4, -0.2) is 35.0 Å². The van der Waals surface area contributed by atoms with Crippen molar-refractivity contribution in [2.45, 2.75) is 44.3 Å². The lowest BCUT2D eigenvalue weighted by molar-refractivity contribution is -0.387. The van der Waals surface area contributed by atoms with Gasteiger partial charge in [-0.05, 0) is 25.8 Å². The monoisotopic (exact) mass is 293 g/mol. The van der Waals surface area contributed by atoms with E-state index >= 15 is 0 Å². The molecule has 2 aliphatic rings. The third kappa shape index (κ3) is 2.91. The number of piperidine rings is 1. The summed E-state index contributed by atoms with van der Waals surface area (Å²) in [4.78, 5) is 12.6. The molecule has 2 saturated heterocycles. The van der Waals surface area contributed by atoms with Gasteiger partial charge in [-0.1, -0.05) is 18.6 Å². The van der Waals surface area contributed by atoms with Gasteiger partial charge < -0.3 is 5.32 Å². The van der Waals surface area contributed by atoms with Crippen LogP contribution in [0.25, 0.3) is 0 Å². The van der Waals surface area contributed by atoms with E-state index in [2.05, 4.69) is 10.2 Å². The molecule has 2 unspecified atom stereocenters. The van der Waals surface area contributed by atoms with Crippen molar-refractivity contribution in [3.05, 3.63) is 39.7 Å². The van der Waals surface area contributed by atoms with Crippen LogP contribution in [0.1, 0.15) is 31.2 Å². The second kappa shape index (κ2) is 6.07. The Balaban J connectivity index is 1.65. The van der Waals surface area contributed by atoms with Crippen molar-refractivity contribution >= 4 is 5.69 Å². The van der Waals surface area contributed by atoms with Gasteiger partial charge in [-0.25, -0.2) is 0 Å². The van der Waals surface area contributed by atoms with Gasteiger partial charge in [0.05, 0.1) is 4.92 Å². The van der Waals surface area contributed by atoms with Crippen LogP contribution < -0.4 is 5.32 Å². The normalized spacial score (nSPS) is 25.8. The van der Waals surface area contributed by atoms with Crippen LogP contribution in [0.2, 0.25) is 0 Å². The molecule has 21 heavy (non-hydrogen) atoms. The Hall–Kier alpha value is -1.53. The highest BCUT2D eigenvalue weighted by Crippen LogP contribution is 2.28. The van der Waals surface area contributed by atoms with Gasteiger partial charge in [-0.15, -0.1) is 0 Å². The second-order valence-electron chi connectivity index (χ2n) is 5.88. The first-order chi connectivity index (χ1) is 10.2. The highest BCUT2D eigenvalue weighted by molar-refractivity contribution is 5.36. The van der Waals surface area contributed by atoms with Gasteiger partial charge in [0.25, 0.3) is 0 Å². The molecular weight excluding hydrogens is 273 g/mol. The fourth-order valence-corrected chi connectivity index (χ4v) is 3.57. The summed E-state index contributed by atoms with van der Waals surface area (Å²) in [5.74, 6) is -0.714. The number of benzene rings is 1. The molecule has 1 aromatic rings. The van der Waals surface area contributed by atoms with Crippen molar-refractivity contribution < 1.29 is 9.31 Å². The lowest BCUT2D eigenvalue weighted by Crippen LogP contribution is -2.44. The molecule has 114 valence electrons. The molecule has 6 heteroatoms. The quantitative estimate of drug-likeness (QED) is 0.684. The number of hydrogen-bond acceptors (Lipinski definition) is 4. The average Bonchev–Trinajstić information content (AvgIpc) is 2.89. The van der Waals surface area contributed by atoms with Crippen LogP contribution in [0.5, 0.6) is 0 Å². The maximum absolute atomic E-state index is 14.0. The first-order valence-electron chi connectivity index (χ1n) is 7.56. The minimum atomic E-state index is -0.714. The molecule has 2 atom stereocenters. The molecule has 2 aliphatic heterocycles. The number of nitro groups is 1. The van der Waals surface area contributed by atoms with E-state index in [-0.39, 0.29) is 0 Å². The Morgan fingerprint density at radius 2 is 2.19 bits per heavy atom. The first-order valence-corrected chi connectivity index (χ1v) is 7.56. The summed E-state index contributed by atoms with van der Waals surface area (Å²) in [7, 11) is 0. The van der Waals surface area contributed by atoms with E-state index in [1.807, 2.05) is 0 Å². The van der Waals surface area contributed by atoms with Crippen molar-refractivity contribution in [2.75, 3.05) is 13.1 Å². The molecule has 2 heterocycles. The molecule has 0 aromatic heterocycles. The topological polar surface area (TPSA) is 58.4 Å². The molecule has 0 spiro atoms. The highest BCUT2D eigenvalue weighted by atomic mass is 19.1. The minimum Gasteiger partial charge on any atom is -0.308 e. The standard InChI is InChI=1S/C15H20FN3O2/c16-15-11(4-3-6-14(15)19(20)21)10-17-12-7-9-18-8-2-1-5-13(12)18/h3-4,6,12-13,17H,1-2,5,7-10H2. The van der Waals surface area contributed by atoms with Gasteiger partial charge >= 0.3 is 5.69 Å². The number of nitro benzene ring substituents is 1. The fraction of sp³-hybridized carbons (Fsp3) is 0.600. The number of fused-ring (bicyclic) bond motifs is 1. The molecule has 1 N–H and O–H groups in total. The molecule has 3 rings (SSSR count). The van der Waals surface area contributed by atoms with Gasteiger partial charge in [-0.2, -0.15) is 4.39 Å². The minimum absolute atomic E-state index is 0.350. The Morgan fingerprint density at radius 1 is 1.33 bits per heavy atom. The number of nitrogens with zero attached hydrogens (tertiary/aromatic N) is 2. The summed E-state index contributed by atoms with van der Waals surface area (Å²) in [6.07, 6.45) is 4.78. The Labute approximate surface area is 123 Å². The van der Waals surface area contributed by atoms with E-state index in [0.29, 0.717) is 24.2 Å². The molecule has 1 aromatic carbocycles. The highest BCUT2D eigenvalue weighted by Gasteiger charge is 2.35. The molecule has 0 radical (unpaired) electrons. The molecule has 5 nitrogen and oxygen atoms in total. The van der Waals surface area contributed by atoms with Gasteiger partial charge in [0.1, 0.15) is 0 Å². The Morgan fingerprint density at radius 3 is 3.00 bits per heavy atom. The number of hydrogen-bond donors (Lipinski definition) is 1. The average molecular weight is 293 g/mol. The van der Waals surface area contributed by atoms with Crippen molar-refractivity contribution in [3.8, 4) is 0 Å². The van der Waals surface area contributed by atoms with E-state index in [9.17, 15) is 14.5 Å². The molecule has 0 bridgehead atoms. The largest absolute Gasteiger partial charge is 0.308 e. The van der Waals surface area contributed by atoms with Crippen LogP contribution in [0, 0.1) is 15.9 Å². The van der Waals surface area contributed by atoms with Gasteiger partial charge in [-0.3, -0.25) is 15.0 Å². The molecule has 0 aliphatic carbocycles. The van der Waals surface area contributed by atoms with Gasteiger partial charge in [0.15, 0.2) is 0 Å². The summed E-state index contributed by atoms with van der Waals surface area (Å²) in [5, 5.41) is 14.2. The Bertz CT molecular complexity index is 538. The maximum atomic E-state index is 14.0. The van der Waals surface area contributed by atoms with Crippen LogP contribution in [0.3, 0.4) is 0 Å². The summed E-state index contributed by atoms with van der Waals surface area (Å²) >= 11 is 0. The fourth-order valence-electron chi connectivity index (χ4n) is 3.57. The summed E-state index contributed by atoms with van der Waals surface area (Å²) in [6.45, 7) is 2.61. The van der Waals surface area contributed by atoms with Crippen molar-refractivity contribution in [3.63, 3.8) is 0 Å². The van der Waals surface area contributed by atoms with E-state index in [1.165, 1.54) is 25.3 Å². The maximum Gasteiger partial charge on any atom is 0.305 e. The summed E-state index contributed by atoms with van der Waals surface area (Å²) < 4.78 is 14.0. The predicted molar refractivity (Wildman–Crippen MR) is 77.5 cm³/mol. The third-order valence-corrected chi connectivity index (χ3v) is 4.67. The molecule has 2 fully saturated rings. The zero-order valence-electron chi connectivity index (χ0n) is 11.9. The summed E-state index contributed by atoms with van der Waals surface area (Å²) in [5.41, 5.74) is -0.0709. The smallest absolute Gasteiger partial charge is 0.305 e. The predicted octanol–water partition coefficient (Wildman–Crippen LogP) is 2.45. The lowest BCUT2D eigenvalue weighted by Gasteiger charge is -2.32.